The predicted molar refractivity (Wildman–Crippen MR) is 75.0 cm³/mol. The van der Waals surface area contributed by atoms with E-state index in [1.165, 1.54) is 6.07 Å². The number of hydrogen-bond donors (Lipinski definition) is 3. The first-order valence-corrected chi connectivity index (χ1v) is 7.92. The van der Waals surface area contributed by atoms with Gasteiger partial charge in [-0.3, -0.25) is 4.79 Å². The summed E-state index contributed by atoms with van der Waals surface area (Å²) in [5, 5.41) is 2.58. The average Bonchev–Trinajstić information content (AvgIpc) is 2.68. The Bertz CT molecular complexity index is 630. The quantitative estimate of drug-likeness (QED) is 0.693. The van der Waals surface area contributed by atoms with Crippen molar-refractivity contribution in [3.63, 3.8) is 0 Å². The Hall–Kier alpha value is -1.12. The molecule has 0 radical (unpaired) electrons. The third kappa shape index (κ3) is 3.07. The first kappa shape index (κ1) is 14.3. The van der Waals surface area contributed by atoms with Gasteiger partial charge < -0.3 is 11.1 Å². The number of sulfonamides is 1. The first-order valence-electron chi connectivity index (χ1n) is 5.64. The molecule has 1 unspecified atom stereocenters. The number of nitrogens with two attached hydrogens (primary N) is 1. The Balaban J connectivity index is 2.29. The van der Waals surface area contributed by atoms with Crippen molar-refractivity contribution in [2.75, 3.05) is 12.3 Å². The molecule has 0 spiro atoms. The fraction of sp³-hybridized carbons (Fsp3) is 0.364. The second kappa shape index (κ2) is 5.10. The third-order valence-electron chi connectivity index (χ3n) is 2.88. The molecule has 4 N–H and O–H groups in total. The van der Waals surface area contributed by atoms with E-state index < -0.39 is 16.1 Å². The molecular formula is C11H14BrN3O3S. The monoisotopic (exact) mass is 347 g/mol. The maximum Gasteiger partial charge on any atom is 0.241 e. The van der Waals surface area contributed by atoms with E-state index >= 15 is 0 Å². The number of rotatable bonds is 3. The van der Waals surface area contributed by atoms with Crippen LogP contribution in [0.3, 0.4) is 0 Å². The van der Waals surface area contributed by atoms with E-state index in [1.807, 2.05) is 0 Å². The van der Waals surface area contributed by atoms with E-state index in [0.29, 0.717) is 22.3 Å². The molecule has 1 atom stereocenters. The number of halogens is 1. The lowest BCUT2D eigenvalue weighted by Crippen LogP contribution is -2.36. The van der Waals surface area contributed by atoms with Gasteiger partial charge in [0.25, 0.3) is 0 Å². The molecule has 1 aliphatic heterocycles. The van der Waals surface area contributed by atoms with Gasteiger partial charge in [-0.25, -0.2) is 13.1 Å². The van der Waals surface area contributed by atoms with Crippen molar-refractivity contribution in [2.24, 2.45) is 0 Å². The van der Waals surface area contributed by atoms with E-state index in [4.69, 9.17) is 5.73 Å². The van der Waals surface area contributed by atoms with Crippen molar-refractivity contribution in [3.05, 3.63) is 22.2 Å². The summed E-state index contributed by atoms with van der Waals surface area (Å²) in [5.74, 6) is -0.153. The number of hydrogen-bond acceptors (Lipinski definition) is 4. The summed E-state index contributed by atoms with van der Waals surface area (Å²) in [6, 6.07) is 2.65. The zero-order valence-electron chi connectivity index (χ0n) is 10.2. The maximum absolute atomic E-state index is 12.3. The van der Waals surface area contributed by atoms with Crippen LogP contribution >= 0.6 is 15.9 Å². The maximum atomic E-state index is 12.3. The van der Waals surface area contributed by atoms with E-state index in [1.54, 1.807) is 13.0 Å². The Kier molecular flexibility index (Phi) is 3.84. The van der Waals surface area contributed by atoms with Crippen LogP contribution < -0.4 is 15.8 Å². The van der Waals surface area contributed by atoms with Crippen LogP contribution in [-0.2, 0) is 14.8 Å². The predicted octanol–water partition coefficient (Wildman–Crippen LogP) is 0.507. The summed E-state index contributed by atoms with van der Waals surface area (Å²) in [6.07, 6.45) is 0.157. The molecule has 8 heteroatoms. The highest BCUT2D eigenvalue weighted by molar-refractivity contribution is 9.10. The Morgan fingerprint density at radius 2 is 2.16 bits per heavy atom. The number of nitrogen functional groups attached to an aromatic ring is 1. The zero-order valence-corrected chi connectivity index (χ0v) is 12.6. The lowest BCUT2D eigenvalue weighted by atomic mass is 10.2. The highest BCUT2D eigenvalue weighted by Gasteiger charge is 2.28. The zero-order chi connectivity index (χ0) is 14.2. The Morgan fingerprint density at radius 3 is 2.74 bits per heavy atom. The van der Waals surface area contributed by atoms with Gasteiger partial charge in [-0.05, 0) is 40.5 Å². The van der Waals surface area contributed by atoms with Crippen LogP contribution in [0.15, 0.2) is 21.5 Å². The van der Waals surface area contributed by atoms with Crippen LogP contribution in [0.4, 0.5) is 5.69 Å². The molecular weight excluding hydrogens is 334 g/mol. The van der Waals surface area contributed by atoms with Crippen molar-refractivity contribution >= 4 is 37.5 Å². The second-order valence-corrected chi connectivity index (χ2v) is 7.00. The summed E-state index contributed by atoms with van der Waals surface area (Å²) in [7, 11) is -3.68. The third-order valence-corrected chi connectivity index (χ3v) is 5.23. The van der Waals surface area contributed by atoms with E-state index in [0.717, 1.165) is 0 Å². The molecule has 1 fully saturated rings. The molecule has 1 aromatic rings. The van der Waals surface area contributed by atoms with Gasteiger partial charge in [-0.15, -0.1) is 0 Å². The molecule has 0 saturated carbocycles. The fourth-order valence-electron chi connectivity index (χ4n) is 1.93. The van der Waals surface area contributed by atoms with Gasteiger partial charge in [0, 0.05) is 29.2 Å². The van der Waals surface area contributed by atoms with Crippen molar-refractivity contribution in [1.82, 2.24) is 10.0 Å². The van der Waals surface area contributed by atoms with E-state index in [9.17, 15) is 13.2 Å². The van der Waals surface area contributed by atoms with Crippen LogP contribution in [0.2, 0.25) is 0 Å². The largest absolute Gasteiger partial charge is 0.398 e. The van der Waals surface area contributed by atoms with Crippen LogP contribution in [0.5, 0.6) is 0 Å². The lowest BCUT2D eigenvalue weighted by Gasteiger charge is -2.14. The summed E-state index contributed by atoms with van der Waals surface area (Å²) in [4.78, 5) is 11.2. The molecule has 2 rings (SSSR count). The van der Waals surface area contributed by atoms with Crippen LogP contribution in [0, 0.1) is 6.92 Å². The standard InChI is InChI=1S/C11H14BrN3O3S/c1-6-2-8(12)9(13)4-10(6)19(17,18)15-7-3-11(16)14-5-7/h2,4,7,15H,3,5,13H2,1H3,(H,14,16). The van der Waals surface area contributed by atoms with Gasteiger partial charge in [0.15, 0.2) is 0 Å². The number of aryl methyl sites for hydroxylation is 1. The van der Waals surface area contributed by atoms with Crippen LogP contribution in [-0.4, -0.2) is 26.9 Å². The number of nitrogens with one attached hydrogen (secondary N) is 2. The van der Waals surface area contributed by atoms with Gasteiger partial charge in [-0.2, -0.15) is 0 Å². The normalized spacial score (nSPS) is 19.5. The second-order valence-electron chi connectivity index (χ2n) is 4.47. The molecule has 0 aromatic heterocycles. The van der Waals surface area contributed by atoms with Gasteiger partial charge in [-0.1, -0.05) is 0 Å². The molecule has 1 heterocycles. The summed E-state index contributed by atoms with van der Waals surface area (Å²) in [6.45, 7) is 2.00. The highest BCUT2D eigenvalue weighted by atomic mass is 79.9. The van der Waals surface area contributed by atoms with Crippen molar-refractivity contribution in [1.29, 1.82) is 0 Å². The fourth-order valence-corrected chi connectivity index (χ4v) is 3.88. The topological polar surface area (TPSA) is 101 Å². The molecule has 0 aliphatic carbocycles. The minimum Gasteiger partial charge on any atom is -0.398 e. The van der Waals surface area contributed by atoms with Crippen LogP contribution in [0.1, 0.15) is 12.0 Å². The van der Waals surface area contributed by atoms with E-state index in [2.05, 4.69) is 26.0 Å². The first-order chi connectivity index (χ1) is 8.79. The van der Waals surface area contributed by atoms with Crippen LogP contribution in [0.25, 0.3) is 0 Å². The molecule has 104 valence electrons. The minimum absolute atomic E-state index is 0.132. The number of anilines is 1. The number of amides is 1. The van der Waals surface area contributed by atoms with Crippen molar-refractivity contribution in [3.8, 4) is 0 Å². The summed E-state index contributed by atoms with van der Waals surface area (Å²) >= 11 is 3.25. The van der Waals surface area contributed by atoms with E-state index in [-0.39, 0.29) is 17.2 Å². The lowest BCUT2D eigenvalue weighted by molar-refractivity contribution is -0.119. The number of carbonyl (C=O) groups excluding carboxylic acids is 1. The summed E-state index contributed by atoms with van der Waals surface area (Å²) in [5.41, 5.74) is 6.65. The molecule has 1 aromatic carbocycles. The smallest absolute Gasteiger partial charge is 0.241 e. The SMILES string of the molecule is Cc1cc(Br)c(N)cc1S(=O)(=O)NC1CNC(=O)C1. The molecule has 19 heavy (non-hydrogen) atoms. The van der Waals surface area contributed by atoms with Gasteiger partial charge in [0.2, 0.25) is 15.9 Å². The average molecular weight is 348 g/mol. The highest BCUT2D eigenvalue weighted by Crippen LogP contribution is 2.26. The molecule has 0 bridgehead atoms. The van der Waals surface area contributed by atoms with Gasteiger partial charge in [0.1, 0.15) is 0 Å². The van der Waals surface area contributed by atoms with Gasteiger partial charge in [0.05, 0.1) is 4.90 Å². The minimum atomic E-state index is -3.68. The summed E-state index contributed by atoms with van der Waals surface area (Å²) < 4.78 is 27.7. The van der Waals surface area contributed by atoms with Gasteiger partial charge >= 0.3 is 0 Å². The molecule has 6 nitrogen and oxygen atoms in total. The van der Waals surface area contributed by atoms with Crippen molar-refractivity contribution < 1.29 is 13.2 Å². The van der Waals surface area contributed by atoms with Crippen molar-refractivity contribution in [2.45, 2.75) is 24.3 Å². The number of benzene rings is 1. The Morgan fingerprint density at radius 1 is 1.47 bits per heavy atom. The number of carbonyl (C=O) groups is 1. The Labute approximate surface area is 119 Å². The molecule has 1 saturated heterocycles. The molecule has 1 aliphatic rings. The molecule has 1 amide bonds.